The third-order valence-electron chi connectivity index (χ3n) is 2.73. The zero-order valence-electron chi connectivity index (χ0n) is 11.8. The molecule has 106 valence electrons. The fourth-order valence-electron chi connectivity index (χ4n) is 1.85. The van der Waals surface area contributed by atoms with Crippen LogP contribution in [0.25, 0.3) is 0 Å². The molecule has 0 aliphatic rings. The summed E-state index contributed by atoms with van der Waals surface area (Å²) in [5.41, 5.74) is 0.595. The van der Waals surface area contributed by atoms with Gasteiger partial charge >= 0.3 is 0 Å². The van der Waals surface area contributed by atoms with Gasteiger partial charge in [-0.3, -0.25) is 0 Å². The highest BCUT2D eigenvalue weighted by molar-refractivity contribution is 5.40. The number of rotatable bonds is 5. The maximum atomic E-state index is 13.7. The van der Waals surface area contributed by atoms with E-state index >= 15 is 0 Å². The standard InChI is InChI=1S/C15H18FN3O/c1-10(2)20-15-8-14(17-9-18-15)19-11(3)12-6-4-5-7-13(12)16/h4-11H,1-3H3,(H,17,18,19). The van der Waals surface area contributed by atoms with Gasteiger partial charge in [-0.15, -0.1) is 0 Å². The van der Waals surface area contributed by atoms with Gasteiger partial charge in [0, 0.05) is 11.6 Å². The van der Waals surface area contributed by atoms with E-state index in [2.05, 4.69) is 15.3 Å². The van der Waals surface area contributed by atoms with Crippen LogP contribution in [0.5, 0.6) is 5.88 Å². The lowest BCUT2D eigenvalue weighted by Crippen LogP contribution is -2.11. The molecule has 1 aromatic heterocycles. The first-order valence-corrected chi connectivity index (χ1v) is 6.56. The number of aromatic nitrogens is 2. The van der Waals surface area contributed by atoms with E-state index in [4.69, 9.17) is 4.74 Å². The molecule has 0 amide bonds. The molecule has 0 saturated carbocycles. The minimum absolute atomic E-state index is 0.0433. The van der Waals surface area contributed by atoms with E-state index in [9.17, 15) is 4.39 Å². The predicted molar refractivity (Wildman–Crippen MR) is 76.2 cm³/mol. The topological polar surface area (TPSA) is 47.0 Å². The van der Waals surface area contributed by atoms with Crippen LogP contribution in [0, 0.1) is 5.82 Å². The Morgan fingerprint density at radius 1 is 1.15 bits per heavy atom. The fraction of sp³-hybridized carbons (Fsp3) is 0.333. The molecule has 0 bridgehead atoms. The number of hydrogen-bond acceptors (Lipinski definition) is 4. The van der Waals surface area contributed by atoms with Gasteiger partial charge in [0.05, 0.1) is 12.1 Å². The van der Waals surface area contributed by atoms with Gasteiger partial charge in [0.15, 0.2) is 0 Å². The zero-order chi connectivity index (χ0) is 14.5. The predicted octanol–water partition coefficient (Wildman–Crippen LogP) is 3.58. The van der Waals surface area contributed by atoms with E-state index in [1.54, 1.807) is 18.2 Å². The number of ether oxygens (including phenoxy) is 1. The van der Waals surface area contributed by atoms with Crippen molar-refractivity contribution in [1.29, 1.82) is 0 Å². The normalized spacial score (nSPS) is 12.2. The van der Waals surface area contributed by atoms with E-state index in [0.29, 0.717) is 17.3 Å². The second kappa shape index (κ2) is 6.32. The second-order valence-corrected chi connectivity index (χ2v) is 4.80. The summed E-state index contributed by atoms with van der Waals surface area (Å²) in [5.74, 6) is 0.866. The van der Waals surface area contributed by atoms with Gasteiger partial charge in [0.25, 0.3) is 0 Å². The molecule has 0 spiro atoms. The van der Waals surface area contributed by atoms with Gasteiger partial charge < -0.3 is 10.1 Å². The number of hydrogen-bond donors (Lipinski definition) is 1. The number of anilines is 1. The molecule has 5 heteroatoms. The Bertz CT molecular complexity index is 575. The van der Waals surface area contributed by atoms with E-state index < -0.39 is 0 Å². The highest BCUT2D eigenvalue weighted by Gasteiger charge is 2.11. The van der Waals surface area contributed by atoms with Gasteiger partial charge in [0.1, 0.15) is 18.0 Å². The van der Waals surface area contributed by atoms with Crippen LogP contribution in [0.15, 0.2) is 36.7 Å². The first-order chi connectivity index (χ1) is 9.56. The van der Waals surface area contributed by atoms with Crippen LogP contribution in [-0.4, -0.2) is 16.1 Å². The average molecular weight is 275 g/mol. The quantitative estimate of drug-likeness (QED) is 0.906. The van der Waals surface area contributed by atoms with Gasteiger partial charge in [-0.05, 0) is 26.8 Å². The number of halogens is 1. The SMILES string of the molecule is CC(C)Oc1cc(NC(C)c2ccccc2F)ncn1. The number of nitrogens with one attached hydrogen (secondary N) is 1. The summed E-state index contributed by atoms with van der Waals surface area (Å²) < 4.78 is 19.2. The van der Waals surface area contributed by atoms with Gasteiger partial charge in [-0.25, -0.2) is 14.4 Å². The Morgan fingerprint density at radius 2 is 1.90 bits per heavy atom. The first-order valence-electron chi connectivity index (χ1n) is 6.56. The van der Waals surface area contributed by atoms with E-state index in [1.165, 1.54) is 12.4 Å². The van der Waals surface area contributed by atoms with Gasteiger partial charge in [-0.1, -0.05) is 18.2 Å². The Kier molecular flexibility index (Phi) is 4.50. The van der Waals surface area contributed by atoms with Crippen molar-refractivity contribution in [2.24, 2.45) is 0 Å². The Hall–Kier alpha value is -2.17. The summed E-state index contributed by atoms with van der Waals surface area (Å²) in [7, 11) is 0. The largest absolute Gasteiger partial charge is 0.475 e. The molecule has 1 heterocycles. The third-order valence-corrected chi connectivity index (χ3v) is 2.73. The molecule has 1 atom stereocenters. The van der Waals surface area contributed by atoms with Crippen molar-refractivity contribution in [2.75, 3.05) is 5.32 Å². The molecule has 1 unspecified atom stereocenters. The molecule has 0 aliphatic carbocycles. The molecule has 1 N–H and O–H groups in total. The Labute approximate surface area is 118 Å². The molecule has 0 aliphatic heterocycles. The van der Waals surface area contributed by atoms with Crippen molar-refractivity contribution in [2.45, 2.75) is 32.9 Å². The first kappa shape index (κ1) is 14.2. The monoisotopic (exact) mass is 275 g/mol. The van der Waals surface area contributed by atoms with Crippen molar-refractivity contribution in [3.63, 3.8) is 0 Å². The molecule has 0 radical (unpaired) electrons. The van der Waals surface area contributed by atoms with Crippen LogP contribution >= 0.6 is 0 Å². The Balaban J connectivity index is 2.12. The molecule has 2 aromatic rings. The van der Waals surface area contributed by atoms with Crippen LogP contribution in [-0.2, 0) is 0 Å². The van der Waals surface area contributed by atoms with E-state index in [-0.39, 0.29) is 18.0 Å². The zero-order valence-corrected chi connectivity index (χ0v) is 11.8. The number of nitrogens with zero attached hydrogens (tertiary/aromatic N) is 2. The summed E-state index contributed by atoms with van der Waals surface area (Å²) in [6.45, 7) is 5.73. The summed E-state index contributed by atoms with van der Waals surface area (Å²) >= 11 is 0. The van der Waals surface area contributed by atoms with Crippen LogP contribution < -0.4 is 10.1 Å². The molecule has 0 fully saturated rings. The highest BCUT2D eigenvalue weighted by atomic mass is 19.1. The molecule has 4 nitrogen and oxygen atoms in total. The van der Waals surface area contributed by atoms with Crippen LogP contribution in [0.2, 0.25) is 0 Å². The molecule has 2 rings (SSSR count). The molecular formula is C15H18FN3O. The van der Waals surface area contributed by atoms with Crippen LogP contribution in [0.1, 0.15) is 32.4 Å². The van der Waals surface area contributed by atoms with Crippen molar-refractivity contribution in [3.05, 3.63) is 48.0 Å². The maximum absolute atomic E-state index is 13.7. The molecular weight excluding hydrogens is 257 g/mol. The van der Waals surface area contributed by atoms with Gasteiger partial charge in [0.2, 0.25) is 5.88 Å². The van der Waals surface area contributed by atoms with Crippen molar-refractivity contribution in [1.82, 2.24) is 9.97 Å². The van der Waals surface area contributed by atoms with Crippen molar-refractivity contribution < 1.29 is 9.13 Å². The molecule has 0 saturated heterocycles. The third kappa shape index (κ3) is 3.66. The van der Waals surface area contributed by atoms with Crippen molar-refractivity contribution >= 4 is 5.82 Å². The lowest BCUT2D eigenvalue weighted by Gasteiger charge is -2.16. The summed E-state index contributed by atoms with van der Waals surface area (Å²) in [4.78, 5) is 8.15. The lowest BCUT2D eigenvalue weighted by atomic mass is 10.1. The number of benzene rings is 1. The lowest BCUT2D eigenvalue weighted by molar-refractivity contribution is 0.232. The molecule has 1 aromatic carbocycles. The fourth-order valence-corrected chi connectivity index (χ4v) is 1.85. The second-order valence-electron chi connectivity index (χ2n) is 4.80. The summed E-state index contributed by atoms with van der Waals surface area (Å²) in [5, 5.41) is 3.14. The molecule has 20 heavy (non-hydrogen) atoms. The minimum Gasteiger partial charge on any atom is -0.475 e. The maximum Gasteiger partial charge on any atom is 0.218 e. The highest BCUT2D eigenvalue weighted by Crippen LogP contribution is 2.21. The smallest absolute Gasteiger partial charge is 0.218 e. The summed E-state index contributed by atoms with van der Waals surface area (Å²) in [6, 6.07) is 8.19. The van der Waals surface area contributed by atoms with Crippen molar-refractivity contribution in [3.8, 4) is 5.88 Å². The minimum atomic E-state index is -0.236. The van der Waals surface area contributed by atoms with Gasteiger partial charge in [-0.2, -0.15) is 0 Å². The summed E-state index contributed by atoms with van der Waals surface area (Å²) in [6.07, 6.45) is 1.47. The van der Waals surface area contributed by atoms with Crippen LogP contribution in [0.4, 0.5) is 10.2 Å². The van der Waals surface area contributed by atoms with E-state index in [1.807, 2.05) is 26.8 Å². The van der Waals surface area contributed by atoms with Crippen LogP contribution in [0.3, 0.4) is 0 Å². The van der Waals surface area contributed by atoms with E-state index in [0.717, 1.165) is 0 Å². The average Bonchev–Trinajstić information content (AvgIpc) is 2.38. The Morgan fingerprint density at radius 3 is 2.60 bits per heavy atom.